The molecule has 6 nitrogen and oxygen atoms in total. The van der Waals surface area contributed by atoms with Gasteiger partial charge in [0, 0.05) is 13.1 Å². The topological polar surface area (TPSA) is 75.7 Å². The molecule has 1 heterocycles. The minimum Gasteiger partial charge on any atom is -0.494 e. The monoisotopic (exact) mass is 340 g/mol. The lowest BCUT2D eigenvalue weighted by molar-refractivity contribution is -0.122. The predicted molar refractivity (Wildman–Crippen MR) is 89.3 cm³/mol. The Hall–Kier alpha value is -1.60. The van der Waals surface area contributed by atoms with Gasteiger partial charge in [0.15, 0.2) is 9.84 Å². The molecule has 1 aliphatic rings. The maximum absolute atomic E-state index is 12.1. The summed E-state index contributed by atoms with van der Waals surface area (Å²) >= 11 is 0. The average molecular weight is 340 g/mol. The summed E-state index contributed by atoms with van der Waals surface area (Å²) in [5.41, 5.74) is 0.977. The third-order valence-corrected chi connectivity index (χ3v) is 5.46. The van der Waals surface area contributed by atoms with Crippen LogP contribution in [0.15, 0.2) is 24.3 Å². The van der Waals surface area contributed by atoms with E-state index in [4.69, 9.17) is 4.74 Å². The Morgan fingerprint density at radius 1 is 1.35 bits per heavy atom. The number of amides is 1. The molecule has 1 fully saturated rings. The zero-order chi connectivity index (χ0) is 16.9. The number of hydrogen-bond acceptors (Lipinski definition) is 5. The lowest BCUT2D eigenvalue weighted by Crippen LogP contribution is -2.45. The number of nitrogens with one attached hydrogen (secondary N) is 1. The van der Waals surface area contributed by atoms with Gasteiger partial charge in [0.05, 0.1) is 30.7 Å². The van der Waals surface area contributed by atoms with E-state index in [1.54, 1.807) is 0 Å². The number of hydrogen-bond donors (Lipinski definition) is 1. The first-order chi connectivity index (χ1) is 10.9. The first-order valence-corrected chi connectivity index (χ1v) is 9.66. The molecule has 1 amide bonds. The Balaban J connectivity index is 1.86. The molecule has 0 spiro atoms. The number of benzene rings is 1. The summed E-state index contributed by atoms with van der Waals surface area (Å²) in [6.07, 6.45) is 0. The highest BCUT2D eigenvalue weighted by molar-refractivity contribution is 7.91. The van der Waals surface area contributed by atoms with Crippen LogP contribution in [0.3, 0.4) is 0 Å². The maximum Gasteiger partial charge on any atom is 0.234 e. The highest BCUT2D eigenvalue weighted by Gasteiger charge is 2.23. The van der Waals surface area contributed by atoms with Crippen molar-refractivity contribution in [1.29, 1.82) is 0 Å². The first-order valence-electron chi connectivity index (χ1n) is 7.84. The van der Waals surface area contributed by atoms with Gasteiger partial charge in [-0.15, -0.1) is 0 Å². The average Bonchev–Trinajstić information content (AvgIpc) is 2.50. The van der Waals surface area contributed by atoms with Gasteiger partial charge in [-0.25, -0.2) is 8.42 Å². The lowest BCUT2D eigenvalue weighted by atomic mass is 10.1. The molecule has 1 N–H and O–H groups in total. The lowest BCUT2D eigenvalue weighted by Gasteiger charge is -2.26. The van der Waals surface area contributed by atoms with Crippen LogP contribution in [0.1, 0.15) is 25.5 Å². The second kappa shape index (κ2) is 7.79. The summed E-state index contributed by atoms with van der Waals surface area (Å²) in [4.78, 5) is 14.0. The molecule has 2 rings (SSSR count). The molecule has 0 aromatic heterocycles. The number of sulfone groups is 1. The van der Waals surface area contributed by atoms with Crippen LogP contribution in [0.5, 0.6) is 5.75 Å². The third kappa shape index (κ3) is 5.51. The SMILES string of the molecule is CCOc1cccc([C@@H](C)NC(=O)CN2CCS(=O)(=O)CC2)c1. The smallest absolute Gasteiger partial charge is 0.234 e. The highest BCUT2D eigenvalue weighted by Crippen LogP contribution is 2.19. The van der Waals surface area contributed by atoms with Crippen molar-refractivity contribution in [3.05, 3.63) is 29.8 Å². The largest absolute Gasteiger partial charge is 0.494 e. The fraction of sp³-hybridized carbons (Fsp3) is 0.562. The van der Waals surface area contributed by atoms with Crippen molar-refractivity contribution in [2.24, 2.45) is 0 Å². The van der Waals surface area contributed by atoms with E-state index < -0.39 is 9.84 Å². The van der Waals surface area contributed by atoms with Crippen molar-refractivity contribution in [1.82, 2.24) is 10.2 Å². The molecule has 128 valence electrons. The van der Waals surface area contributed by atoms with Crippen LogP contribution < -0.4 is 10.1 Å². The van der Waals surface area contributed by atoms with Gasteiger partial charge in [0.25, 0.3) is 0 Å². The van der Waals surface area contributed by atoms with E-state index in [1.165, 1.54) is 0 Å². The molecule has 0 aliphatic carbocycles. The van der Waals surface area contributed by atoms with Gasteiger partial charge in [0.2, 0.25) is 5.91 Å². The van der Waals surface area contributed by atoms with Gasteiger partial charge in [-0.2, -0.15) is 0 Å². The van der Waals surface area contributed by atoms with Gasteiger partial charge < -0.3 is 10.1 Å². The maximum atomic E-state index is 12.1. The van der Waals surface area contributed by atoms with E-state index in [9.17, 15) is 13.2 Å². The Bertz CT molecular complexity index is 631. The zero-order valence-corrected chi connectivity index (χ0v) is 14.4. The molecule has 1 aromatic rings. The Labute approximate surface area is 137 Å². The van der Waals surface area contributed by atoms with E-state index in [0.29, 0.717) is 19.7 Å². The van der Waals surface area contributed by atoms with Crippen LogP contribution in [-0.4, -0.2) is 57.0 Å². The molecule has 7 heteroatoms. The zero-order valence-electron chi connectivity index (χ0n) is 13.6. The van der Waals surface area contributed by atoms with Gasteiger partial charge in [-0.05, 0) is 31.5 Å². The van der Waals surface area contributed by atoms with E-state index in [1.807, 2.05) is 43.0 Å². The minimum absolute atomic E-state index is 0.0985. The molecule has 0 unspecified atom stereocenters. The molecular weight excluding hydrogens is 316 g/mol. The molecule has 0 bridgehead atoms. The van der Waals surface area contributed by atoms with Crippen LogP contribution in [0.25, 0.3) is 0 Å². The summed E-state index contributed by atoms with van der Waals surface area (Å²) in [5.74, 6) is 0.948. The van der Waals surface area contributed by atoms with E-state index in [0.717, 1.165) is 11.3 Å². The van der Waals surface area contributed by atoms with Crippen LogP contribution in [0, 0.1) is 0 Å². The van der Waals surface area contributed by atoms with Gasteiger partial charge in [0.1, 0.15) is 5.75 Å². The van der Waals surface area contributed by atoms with Crippen LogP contribution in [0.2, 0.25) is 0 Å². The molecule has 1 atom stereocenters. The fourth-order valence-corrected chi connectivity index (χ4v) is 3.80. The van der Waals surface area contributed by atoms with Gasteiger partial charge in [-0.1, -0.05) is 12.1 Å². The van der Waals surface area contributed by atoms with Crippen LogP contribution >= 0.6 is 0 Å². The normalized spacial score (nSPS) is 19.0. The van der Waals surface area contributed by atoms with Crippen molar-refractivity contribution < 1.29 is 17.9 Å². The summed E-state index contributed by atoms with van der Waals surface area (Å²) in [7, 11) is -2.92. The van der Waals surface area contributed by atoms with E-state index in [-0.39, 0.29) is 30.0 Å². The van der Waals surface area contributed by atoms with Crippen molar-refractivity contribution in [2.75, 3.05) is 37.7 Å². The van der Waals surface area contributed by atoms with Crippen molar-refractivity contribution in [3.63, 3.8) is 0 Å². The van der Waals surface area contributed by atoms with Crippen molar-refractivity contribution >= 4 is 15.7 Å². The summed E-state index contributed by atoms with van der Waals surface area (Å²) < 4.78 is 28.2. The Morgan fingerprint density at radius 2 is 2.04 bits per heavy atom. The van der Waals surface area contributed by atoms with Gasteiger partial charge in [-0.3, -0.25) is 9.69 Å². The number of carbonyl (C=O) groups excluding carboxylic acids is 1. The molecule has 1 aliphatic heterocycles. The van der Waals surface area contributed by atoms with E-state index >= 15 is 0 Å². The first kappa shape index (κ1) is 17.7. The number of carbonyl (C=O) groups is 1. The molecule has 23 heavy (non-hydrogen) atoms. The minimum atomic E-state index is -2.92. The van der Waals surface area contributed by atoms with Crippen molar-refractivity contribution in [2.45, 2.75) is 19.9 Å². The van der Waals surface area contributed by atoms with Crippen LogP contribution in [0.4, 0.5) is 0 Å². The number of nitrogens with zero attached hydrogens (tertiary/aromatic N) is 1. The summed E-state index contributed by atoms with van der Waals surface area (Å²) in [6, 6.07) is 7.52. The number of ether oxygens (including phenoxy) is 1. The summed E-state index contributed by atoms with van der Waals surface area (Å²) in [6.45, 7) is 5.52. The third-order valence-electron chi connectivity index (χ3n) is 3.85. The quantitative estimate of drug-likeness (QED) is 0.836. The summed E-state index contributed by atoms with van der Waals surface area (Å²) in [5, 5.41) is 2.95. The molecule has 1 saturated heterocycles. The second-order valence-electron chi connectivity index (χ2n) is 5.72. The van der Waals surface area contributed by atoms with Crippen molar-refractivity contribution in [3.8, 4) is 5.75 Å². The predicted octanol–water partition coefficient (Wildman–Crippen LogP) is 0.993. The molecule has 1 aromatic carbocycles. The second-order valence-corrected chi connectivity index (χ2v) is 8.03. The molecular formula is C16H24N2O4S. The van der Waals surface area contributed by atoms with Crippen LogP contribution in [-0.2, 0) is 14.6 Å². The Kier molecular flexibility index (Phi) is 6.01. The Morgan fingerprint density at radius 3 is 2.70 bits per heavy atom. The molecule has 0 saturated carbocycles. The van der Waals surface area contributed by atoms with E-state index in [2.05, 4.69) is 5.32 Å². The highest BCUT2D eigenvalue weighted by atomic mass is 32.2. The molecule has 0 radical (unpaired) electrons. The number of rotatable bonds is 6. The standard InChI is InChI=1S/C16H24N2O4S/c1-3-22-15-6-4-5-14(11-15)13(2)17-16(19)12-18-7-9-23(20,21)10-8-18/h4-6,11,13H,3,7-10,12H2,1-2H3,(H,17,19)/t13-/m1/s1. The fourth-order valence-electron chi connectivity index (χ4n) is 2.52. The van der Waals surface area contributed by atoms with Gasteiger partial charge >= 0.3 is 0 Å².